The van der Waals surface area contributed by atoms with Crippen LogP contribution in [0.4, 0.5) is 22.7 Å². The van der Waals surface area contributed by atoms with Crippen LogP contribution in [0.15, 0.2) is 12.1 Å². The molecule has 3 nitrogen and oxygen atoms in total. The molecule has 2 aromatic rings. The molecule has 0 bridgehead atoms. The average Bonchev–Trinajstić information content (AvgIpc) is 2.63. The normalized spacial score (nSPS) is 17.2. The highest BCUT2D eigenvalue weighted by atomic mass is 32.1. The summed E-state index contributed by atoms with van der Waals surface area (Å²) in [6.07, 6.45) is -3.74. The SMILES string of the molecule is Fc1cc2nc(N3CCCNCC3)sc2cc1C(F)(F)F. The number of fused-ring (bicyclic) bond motifs is 1. The third kappa shape index (κ3) is 2.96. The number of benzene rings is 1. The fraction of sp³-hybridized carbons (Fsp3) is 0.462. The van der Waals surface area contributed by atoms with Crippen LogP contribution in [-0.4, -0.2) is 31.2 Å². The number of anilines is 1. The number of thiazole rings is 1. The van der Waals surface area contributed by atoms with Crippen LogP contribution in [0.3, 0.4) is 0 Å². The topological polar surface area (TPSA) is 28.2 Å². The number of aromatic nitrogens is 1. The molecule has 1 aromatic carbocycles. The van der Waals surface area contributed by atoms with E-state index in [4.69, 9.17) is 0 Å². The molecule has 1 fully saturated rings. The van der Waals surface area contributed by atoms with E-state index >= 15 is 0 Å². The van der Waals surface area contributed by atoms with Crippen molar-refractivity contribution < 1.29 is 17.6 Å². The minimum absolute atomic E-state index is 0.276. The Balaban J connectivity index is 1.99. The Bertz CT molecular complexity index is 645. The molecular formula is C13H13F4N3S. The highest BCUT2D eigenvalue weighted by Crippen LogP contribution is 2.37. The van der Waals surface area contributed by atoms with Crippen molar-refractivity contribution in [3.63, 3.8) is 0 Å². The smallest absolute Gasteiger partial charge is 0.347 e. The zero-order valence-corrected chi connectivity index (χ0v) is 11.8. The Kier molecular flexibility index (Phi) is 3.75. The van der Waals surface area contributed by atoms with Crippen LogP contribution in [0.5, 0.6) is 0 Å². The number of nitrogens with zero attached hydrogens (tertiary/aromatic N) is 2. The second kappa shape index (κ2) is 5.42. The summed E-state index contributed by atoms with van der Waals surface area (Å²) in [7, 11) is 0. The average molecular weight is 319 g/mol. The van der Waals surface area contributed by atoms with E-state index in [1.165, 1.54) is 11.3 Å². The molecule has 3 rings (SSSR count). The van der Waals surface area contributed by atoms with Crippen molar-refractivity contribution in [1.29, 1.82) is 0 Å². The number of hydrogen-bond donors (Lipinski definition) is 1. The van der Waals surface area contributed by atoms with Crippen LogP contribution in [-0.2, 0) is 6.18 Å². The lowest BCUT2D eigenvalue weighted by atomic mass is 10.2. The quantitative estimate of drug-likeness (QED) is 0.818. The van der Waals surface area contributed by atoms with Crippen molar-refractivity contribution >= 4 is 26.7 Å². The zero-order valence-electron chi connectivity index (χ0n) is 11.0. The molecule has 0 aliphatic carbocycles. The third-order valence-corrected chi connectivity index (χ3v) is 4.46. The lowest BCUT2D eigenvalue weighted by Crippen LogP contribution is -2.27. The first-order valence-corrected chi connectivity index (χ1v) is 7.40. The Morgan fingerprint density at radius 2 is 2.00 bits per heavy atom. The minimum Gasteiger partial charge on any atom is -0.347 e. The maximum atomic E-state index is 13.6. The predicted octanol–water partition coefficient (Wildman–Crippen LogP) is 3.25. The van der Waals surface area contributed by atoms with Gasteiger partial charge in [-0.15, -0.1) is 0 Å². The van der Waals surface area contributed by atoms with Gasteiger partial charge in [-0.1, -0.05) is 11.3 Å². The number of nitrogens with one attached hydrogen (secondary N) is 1. The third-order valence-electron chi connectivity index (χ3n) is 3.38. The van der Waals surface area contributed by atoms with Crippen LogP contribution < -0.4 is 10.2 Å². The van der Waals surface area contributed by atoms with Crippen LogP contribution in [0, 0.1) is 5.82 Å². The van der Waals surface area contributed by atoms with Gasteiger partial charge in [-0.25, -0.2) is 9.37 Å². The monoisotopic (exact) mass is 319 g/mol. The summed E-state index contributed by atoms with van der Waals surface area (Å²) >= 11 is 1.17. The minimum atomic E-state index is -4.69. The largest absolute Gasteiger partial charge is 0.419 e. The summed E-state index contributed by atoms with van der Waals surface area (Å²) < 4.78 is 52.1. The van der Waals surface area contributed by atoms with Gasteiger partial charge >= 0.3 is 6.18 Å². The van der Waals surface area contributed by atoms with Crippen molar-refractivity contribution in [3.8, 4) is 0 Å². The van der Waals surface area contributed by atoms with Gasteiger partial charge in [0, 0.05) is 25.7 Å². The summed E-state index contributed by atoms with van der Waals surface area (Å²) in [4.78, 5) is 6.30. The fourth-order valence-corrected chi connectivity index (χ4v) is 3.36. The molecule has 114 valence electrons. The van der Waals surface area contributed by atoms with Gasteiger partial charge in [0.15, 0.2) is 5.13 Å². The molecular weight excluding hydrogens is 306 g/mol. The molecule has 0 radical (unpaired) electrons. The fourth-order valence-electron chi connectivity index (χ4n) is 2.33. The van der Waals surface area contributed by atoms with Crippen LogP contribution in [0.25, 0.3) is 10.2 Å². The standard InChI is InChI=1S/C13H13F4N3S/c14-9-7-10-11(6-8(9)13(15,16)17)21-12(19-10)20-4-1-2-18-3-5-20/h6-7,18H,1-5H2. The van der Waals surface area contributed by atoms with E-state index in [1.54, 1.807) is 0 Å². The molecule has 0 unspecified atom stereocenters. The van der Waals surface area contributed by atoms with E-state index in [0.717, 1.165) is 44.7 Å². The molecule has 2 heterocycles. The Hall–Kier alpha value is -1.41. The number of alkyl halides is 3. The maximum absolute atomic E-state index is 13.6. The van der Waals surface area contributed by atoms with Crippen molar-refractivity contribution in [3.05, 3.63) is 23.5 Å². The zero-order chi connectivity index (χ0) is 15.0. The van der Waals surface area contributed by atoms with Crippen LogP contribution in [0.2, 0.25) is 0 Å². The highest BCUT2D eigenvalue weighted by Gasteiger charge is 2.34. The van der Waals surface area contributed by atoms with E-state index < -0.39 is 17.6 Å². The van der Waals surface area contributed by atoms with E-state index in [-0.39, 0.29) is 5.52 Å². The first kappa shape index (κ1) is 14.5. The molecule has 1 aliphatic heterocycles. The summed E-state index contributed by atoms with van der Waals surface area (Å²) in [5.41, 5.74) is -0.958. The van der Waals surface area contributed by atoms with Crippen LogP contribution in [0.1, 0.15) is 12.0 Å². The van der Waals surface area contributed by atoms with Crippen LogP contribution >= 0.6 is 11.3 Å². The lowest BCUT2D eigenvalue weighted by molar-refractivity contribution is -0.139. The summed E-state index contributed by atoms with van der Waals surface area (Å²) in [6.45, 7) is 3.25. The van der Waals surface area contributed by atoms with Gasteiger partial charge in [0.05, 0.1) is 15.8 Å². The van der Waals surface area contributed by atoms with Gasteiger partial charge in [-0.2, -0.15) is 13.2 Å². The number of halogens is 4. The van der Waals surface area contributed by atoms with E-state index in [2.05, 4.69) is 10.3 Å². The molecule has 1 saturated heterocycles. The summed E-state index contributed by atoms with van der Waals surface area (Å²) in [5.74, 6) is -1.27. The van der Waals surface area contributed by atoms with Crippen molar-refractivity contribution in [2.45, 2.75) is 12.6 Å². The molecule has 1 aliphatic rings. The Labute approximate surface area is 122 Å². The van der Waals surface area contributed by atoms with Gasteiger partial charge in [0.2, 0.25) is 0 Å². The number of rotatable bonds is 1. The summed E-state index contributed by atoms with van der Waals surface area (Å²) in [6, 6.07) is 1.72. The molecule has 21 heavy (non-hydrogen) atoms. The molecule has 0 amide bonds. The molecule has 8 heteroatoms. The van der Waals surface area contributed by atoms with Gasteiger partial charge in [0.1, 0.15) is 5.82 Å². The second-order valence-corrected chi connectivity index (χ2v) is 5.89. The molecule has 0 saturated carbocycles. The first-order chi connectivity index (χ1) is 9.95. The van der Waals surface area contributed by atoms with E-state index in [9.17, 15) is 17.6 Å². The summed E-state index contributed by atoms with van der Waals surface area (Å²) in [5, 5.41) is 3.89. The number of hydrogen-bond acceptors (Lipinski definition) is 4. The predicted molar refractivity (Wildman–Crippen MR) is 74.3 cm³/mol. The molecule has 0 atom stereocenters. The van der Waals surface area contributed by atoms with E-state index in [0.29, 0.717) is 9.83 Å². The van der Waals surface area contributed by atoms with Crippen molar-refractivity contribution in [2.24, 2.45) is 0 Å². The van der Waals surface area contributed by atoms with Crippen molar-refractivity contribution in [1.82, 2.24) is 10.3 Å². The Morgan fingerprint density at radius 3 is 2.76 bits per heavy atom. The first-order valence-electron chi connectivity index (χ1n) is 6.58. The Morgan fingerprint density at radius 1 is 1.19 bits per heavy atom. The molecule has 1 aromatic heterocycles. The van der Waals surface area contributed by atoms with Gasteiger partial charge in [-0.05, 0) is 19.0 Å². The van der Waals surface area contributed by atoms with Gasteiger partial charge in [-0.3, -0.25) is 0 Å². The van der Waals surface area contributed by atoms with Gasteiger partial charge < -0.3 is 10.2 Å². The highest BCUT2D eigenvalue weighted by molar-refractivity contribution is 7.22. The molecule has 0 spiro atoms. The van der Waals surface area contributed by atoms with Crippen molar-refractivity contribution in [2.75, 3.05) is 31.1 Å². The molecule has 1 N–H and O–H groups in total. The second-order valence-electron chi connectivity index (χ2n) is 4.88. The van der Waals surface area contributed by atoms with Gasteiger partial charge in [0.25, 0.3) is 0 Å². The van der Waals surface area contributed by atoms with E-state index in [1.807, 2.05) is 4.90 Å². The maximum Gasteiger partial charge on any atom is 0.419 e. The lowest BCUT2D eigenvalue weighted by Gasteiger charge is -2.17.